The molecule has 11 atom stereocenters. The van der Waals surface area contributed by atoms with E-state index in [4.69, 9.17) is 4.74 Å². The Hall–Kier alpha value is -0.160. The summed E-state index contributed by atoms with van der Waals surface area (Å²) in [6.45, 7) is 7.93. The molecule has 0 spiro atoms. The Kier molecular flexibility index (Phi) is 6.14. The van der Waals surface area contributed by atoms with Crippen LogP contribution in [0.5, 0.6) is 0 Å². The second kappa shape index (κ2) is 8.07. The van der Waals surface area contributed by atoms with Gasteiger partial charge in [-0.2, -0.15) is 0 Å². The van der Waals surface area contributed by atoms with Gasteiger partial charge in [0.2, 0.25) is 0 Å². The molecule has 0 aromatic carbocycles. The molecule has 0 aliphatic heterocycles. The summed E-state index contributed by atoms with van der Waals surface area (Å²) in [5.74, 6) is 2.64. The third kappa shape index (κ3) is 3.41. The minimum Gasteiger partial charge on any atom is -0.393 e. The summed E-state index contributed by atoms with van der Waals surface area (Å²) < 4.78 is 5.26. The Balaban J connectivity index is 1.58. The van der Waals surface area contributed by atoms with E-state index in [-0.39, 0.29) is 29.1 Å². The van der Waals surface area contributed by atoms with E-state index in [1.165, 1.54) is 6.42 Å². The largest absolute Gasteiger partial charge is 0.393 e. The lowest BCUT2D eigenvalue weighted by atomic mass is 9.43. The summed E-state index contributed by atoms with van der Waals surface area (Å²) in [4.78, 5) is 0. The van der Waals surface area contributed by atoms with Crippen LogP contribution in [0.15, 0.2) is 0 Å². The maximum absolute atomic E-state index is 11.6. The van der Waals surface area contributed by atoms with Crippen LogP contribution in [0.4, 0.5) is 0 Å². The Bertz CT molecular complexity index is 581. The molecule has 4 nitrogen and oxygen atoms in total. The first-order chi connectivity index (χ1) is 13.7. The van der Waals surface area contributed by atoms with Crippen molar-refractivity contribution < 1.29 is 20.1 Å². The van der Waals surface area contributed by atoms with E-state index >= 15 is 0 Å². The van der Waals surface area contributed by atoms with Crippen LogP contribution in [0.1, 0.15) is 78.6 Å². The quantitative estimate of drug-likeness (QED) is 0.601. The molecule has 4 aliphatic rings. The summed E-state index contributed by atoms with van der Waals surface area (Å²) in [7, 11) is 1.77. The van der Waals surface area contributed by atoms with Gasteiger partial charge >= 0.3 is 0 Å². The molecule has 4 saturated carbocycles. The number of hydrogen-bond acceptors (Lipinski definition) is 4. The Morgan fingerprint density at radius 3 is 2.48 bits per heavy atom. The van der Waals surface area contributed by atoms with E-state index in [9.17, 15) is 15.3 Å². The van der Waals surface area contributed by atoms with Crippen molar-refractivity contribution in [1.82, 2.24) is 0 Å². The molecular formula is C25H44O4. The van der Waals surface area contributed by atoms with E-state index in [0.29, 0.717) is 35.5 Å². The summed E-state index contributed by atoms with van der Waals surface area (Å²) in [5, 5.41) is 33.1. The van der Waals surface area contributed by atoms with Gasteiger partial charge in [0.15, 0.2) is 0 Å². The van der Waals surface area contributed by atoms with Crippen molar-refractivity contribution in [2.45, 2.75) is 96.9 Å². The molecule has 168 valence electrons. The number of methoxy groups -OCH3 is 1. The minimum absolute atomic E-state index is 0.0774. The lowest BCUT2D eigenvalue weighted by Gasteiger charge is -2.63. The number of rotatable bonds is 5. The fourth-order valence-corrected chi connectivity index (χ4v) is 8.88. The molecule has 0 bridgehead atoms. The molecular weight excluding hydrogens is 364 g/mol. The zero-order valence-corrected chi connectivity index (χ0v) is 19.0. The van der Waals surface area contributed by atoms with Crippen molar-refractivity contribution in [3.63, 3.8) is 0 Å². The van der Waals surface area contributed by atoms with E-state index < -0.39 is 0 Å². The maximum atomic E-state index is 11.6. The van der Waals surface area contributed by atoms with Crippen LogP contribution >= 0.6 is 0 Å². The predicted molar refractivity (Wildman–Crippen MR) is 114 cm³/mol. The molecule has 0 aromatic heterocycles. The normalized spacial score (nSPS) is 53.1. The smallest absolute Gasteiger partial charge is 0.0602 e. The molecule has 0 saturated heterocycles. The second-order valence-electron chi connectivity index (χ2n) is 11.6. The SMILES string of the molecule is COCCCC(C)C1CCC2C3C(O)C[C@@H]4C[C@H](O)CC[C@]4(C)C3C[C@H](O)[C@]12C. The lowest BCUT2D eigenvalue weighted by molar-refractivity contribution is -0.207. The lowest BCUT2D eigenvalue weighted by Crippen LogP contribution is -2.62. The number of fused-ring (bicyclic) bond motifs is 5. The van der Waals surface area contributed by atoms with Crippen LogP contribution in [0.3, 0.4) is 0 Å². The van der Waals surface area contributed by atoms with Gasteiger partial charge in [0, 0.05) is 13.7 Å². The Morgan fingerprint density at radius 2 is 1.76 bits per heavy atom. The van der Waals surface area contributed by atoms with Gasteiger partial charge in [0.1, 0.15) is 0 Å². The van der Waals surface area contributed by atoms with Crippen molar-refractivity contribution in [2.75, 3.05) is 13.7 Å². The zero-order valence-electron chi connectivity index (χ0n) is 19.0. The first-order valence-electron chi connectivity index (χ1n) is 12.3. The fourth-order valence-electron chi connectivity index (χ4n) is 8.88. The molecule has 0 radical (unpaired) electrons. The van der Waals surface area contributed by atoms with Crippen molar-refractivity contribution in [3.8, 4) is 0 Å². The third-order valence-corrected chi connectivity index (χ3v) is 10.5. The summed E-state index contributed by atoms with van der Waals surface area (Å²) in [5.41, 5.74) is 0.0830. The summed E-state index contributed by atoms with van der Waals surface area (Å²) in [6, 6.07) is 0. The second-order valence-corrected chi connectivity index (χ2v) is 11.6. The van der Waals surface area contributed by atoms with Crippen LogP contribution in [0, 0.1) is 46.3 Å². The summed E-state index contributed by atoms with van der Waals surface area (Å²) in [6.07, 6.45) is 8.23. The molecule has 0 amide bonds. The Morgan fingerprint density at radius 1 is 1.00 bits per heavy atom. The molecule has 3 N–H and O–H groups in total. The van der Waals surface area contributed by atoms with Gasteiger partial charge in [-0.3, -0.25) is 0 Å². The number of ether oxygens (including phenoxy) is 1. The number of aliphatic hydroxyl groups is 3. The maximum Gasteiger partial charge on any atom is 0.0602 e. The van der Waals surface area contributed by atoms with Gasteiger partial charge in [-0.15, -0.1) is 0 Å². The third-order valence-electron chi connectivity index (χ3n) is 10.5. The van der Waals surface area contributed by atoms with Crippen molar-refractivity contribution in [3.05, 3.63) is 0 Å². The average molecular weight is 409 g/mol. The van der Waals surface area contributed by atoms with E-state index in [1.807, 2.05) is 0 Å². The first-order valence-corrected chi connectivity index (χ1v) is 12.3. The van der Waals surface area contributed by atoms with Gasteiger partial charge < -0.3 is 20.1 Å². The van der Waals surface area contributed by atoms with Crippen LogP contribution in [-0.2, 0) is 4.74 Å². The van der Waals surface area contributed by atoms with Crippen LogP contribution in [0.2, 0.25) is 0 Å². The molecule has 4 rings (SSSR count). The van der Waals surface area contributed by atoms with Gasteiger partial charge in [0.05, 0.1) is 18.3 Å². The van der Waals surface area contributed by atoms with Gasteiger partial charge in [-0.1, -0.05) is 20.8 Å². The van der Waals surface area contributed by atoms with Gasteiger partial charge in [0.25, 0.3) is 0 Å². The van der Waals surface area contributed by atoms with Gasteiger partial charge in [-0.05, 0) is 104 Å². The molecule has 4 fully saturated rings. The monoisotopic (exact) mass is 408 g/mol. The number of hydrogen-bond donors (Lipinski definition) is 3. The predicted octanol–water partition coefficient (Wildman–Crippen LogP) is 4.01. The topological polar surface area (TPSA) is 69.9 Å². The van der Waals surface area contributed by atoms with Gasteiger partial charge in [-0.25, -0.2) is 0 Å². The molecule has 0 heterocycles. The number of aliphatic hydroxyl groups excluding tert-OH is 3. The minimum atomic E-state index is -0.277. The standard InChI is InChI=1S/C25H44O4/c1-15(6-5-11-29-4)18-7-8-19-23-20(14-22(28)25(18,19)3)24(2)10-9-17(26)12-16(24)13-21(23)27/h15-23,26-28H,5-14H2,1-4H3/t15?,16-,17+,18?,19?,20?,21?,22-,23?,24-,25+/m0/s1. The molecule has 29 heavy (non-hydrogen) atoms. The van der Waals surface area contributed by atoms with Crippen LogP contribution in [0.25, 0.3) is 0 Å². The Labute approximate surface area is 177 Å². The highest BCUT2D eigenvalue weighted by Crippen LogP contribution is 2.68. The van der Waals surface area contributed by atoms with Crippen LogP contribution < -0.4 is 0 Å². The average Bonchev–Trinajstić information content (AvgIpc) is 3.03. The van der Waals surface area contributed by atoms with Crippen molar-refractivity contribution in [2.24, 2.45) is 46.3 Å². The fraction of sp³-hybridized carbons (Fsp3) is 1.00. The zero-order chi connectivity index (χ0) is 21.0. The van der Waals surface area contributed by atoms with Crippen LogP contribution in [-0.4, -0.2) is 47.3 Å². The molecule has 4 aliphatic carbocycles. The molecule has 6 unspecified atom stereocenters. The first kappa shape index (κ1) is 22.0. The van der Waals surface area contributed by atoms with E-state index in [0.717, 1.165) is 58.0 Å². The molecule has 4 heteroatoms. The molecule has 0 aromatic rings. The highest BCUT2D eigenvalue weighted by atomic mass is 16.5. The van der Waals surface area contributed by atoms with Crippen molar-refractivity contribution >= 4 is 0 Å². The highest BCUT2D eigenvalue weighted by molar-refractivity contribution is 5.14. The highest BCUT2D eigenvalue weighted by Gasteiger charge is 2.65. The van der Waals surface area contributed by atoms with E-state index in [2.05, 4.69) is 20.8 Å². The summed E-state index contributed by atoms with van der Waals surface area (Å²) >= 11 is 0. The van der Waals surface area contributed by atoms with Crippen molar-refractivity contribution in [1.29, 1.82) is 0 Å². The van der Waals surface area contributed by atoms with E-state index in [1.54, 1.807) is 7.11 Å².